The first-order valence-corrected chi connectivity index (χ1v) is 10.0. The molecule has 152 valence electrons. The van der Waals surface area contributed by atoms with E-state index in [2.05, 4.69) is 15.5 Å². The summed E-state index contributed by atoms with van der Waals surface area (Å²) in [5, 5.41) is 11.7. The zero-order valence-electron chi connectivity index (χ0n) is 16.7. The summed E-state index contributed by atoms with van der Waals surface area (Å²) in [7, 11) is 3.47. The van der Waals surface area contributed by atoms with E-state index in [4.69, 9.17) is 4.74 Å². The third-order valence-electron chi connectivity index (χ3n) is 4.56. The summed E-state index contributed by atoms with van der Waals surface area (Å²) >= 11 is 1.32. The molecule has 6 nitrogen and oxygen atoms in total. The molecule has 0 saturated carbocycles. The molecule has 0 spiro atoms. The van der Waals surface area contributed by atoms with Crippen LogP contribution in [0.5, 0.6) is 5.75 Å². The molecule has 1 aromatic heterocycles. The van der Waals surface area contributed by atoms with Gasteiger partial charge in [0.25, 0.3) is 0 Å². The summed E-state index contributed by atoms with van der Waals surface area (Å²) < 4.78 is 20.3. The second kappa shape index (κ2) is 9.09. The molecule has 0 aliphatic carbocycles. The molecule has 1 heterocycles. The molecule has 2 aromatic carbocycles. The lowest BCUT2D eigenvalue weighted by Gasteiger charge is -2.17. The lowest BCUT2D eigenvalue weighted by Crippen LogP contribution is -2.33. The van der Waals surface area contributed by atoms with Gasteiger partial charge in [0.15, 0.2) is 11.0 Å². The van der Waals surface area contributed by atoms with E-state index in [1.807, 2.05) is 49.7 Å². The zero-order valence-corrected chi connectivity index (χ0v) is 17.5. The molecular formula is C21H23FN4O2S. The van der Waals surface area contributed by atoms with Crippen molar-refractivity contribution in [1.29, 1.82) is 0 Å². The highest BCUT2D eigenvalue weighted by atomic mass is 32.2. The van der Waals surface area contributed by atoms with Crippen LogP contribution in [0.15, 0.2) is 53.7 Å². The minimum Gasteiger partial charge on any atom is -0.496 e. The molecule has 3 rings (SSSR count). The van der Waals surface area contributed by atoms with Gasteiger partial charge in [-0.2, -0.15) is 0 Å². The van der Waals surface area contributed by atoms with Crippen LogP contribution in [0.4, 0.5) is 4.39 Å². The van der Waals surface area contributed by atoms with E-state index in [0.717, 1.165) is 11.1 Å². The number of hydrogen-bond acceptors (Lipinski definition) is 5. The monoisotopic (exact) mass is 414 g/mol. The molecule has 29 heavy (non-hydrogen) atoms. The standard InChI is InChI=1S/C21H23FN4O2S/c1-13(15-9-11-16(22)12-10-15)23-20(27)14(2)29-21-25-24-19(26(21)3)17-7-5-6-8-18(17)28-4/h5-14H,1-4H3,(H,23,27). The maximum atomic E-state index is 13.1. The molecule has 0 saturated heterocycles. The van der Waals surface area contributed by atoms with Crippen LogP contribution in [-0.2, 0) is 11.8 Å². The van der Waals surface area contributed by atoms with Gasteiger partial charge >= 0.3 is 0 Å². The van der Waals surface area contributed by atoms with Gasteiger partial charge < -0.3 is 14.6 Å². The zero-order chi connectivity index (χ0) is 21.0. The Bertz CT molecular complexity index is 991. The molecular weight excluding hydrogens is 391 g/mol. The Morgan fingerprint density at radius 1 is 1.14 bits per heavy atom. The maximum Gasteiger partial charge on any atom is 0.233 e. The van der Waals surface area contributed by atoms with Gasteiger partial charge in [0.05, 0.1) is 24.0 Å². The molecule has 0 aliphatic heterocycles. The minimum atomic E-state index is -0.383. The van der Waals surface area contributed by atoms with Crippen molar-refractivity contribution in [2.45, 2.75) is 30.3 Å². The number of aromatic nitrogens is 3. The molecule has 3 aromatic rings. The summed E-state index contributed by atoms with van der Waals surface area (Å²) in [6.45, 7) is 3.68. The van der Waals surface area contributed by atoms with Gasteiger partial charge in [-0.3, -0.25) is 4.79 Å². The van der Waals surface area contributed by atoms with Crippen molar-refractivity contribution in [2.24, 2.45) is 7.05 Å². The van der Waals surface area contributed by atoms with E-state index in [-0.39, 0.29) is 23.0 Å². The van der Waals surface area contributed by atoms with Gasteiger partial charge in [-0.1, -0.05) is 36.0 Å². The van der Waals surface area contributed by atoms with Gasteiger partial charge in [-0.05, 0) is 43.7 Å². The van der Waals surface area contributed by atoms with Crippen molar-refractivity contribution in [3.8, 4) is 17.1 Å². The van der Waals surface area contributed by atoms with Crippen LogP contribution in [0.2, 0.25) is 0 Å². The first-order valence-electron chi connectivity index (χ1n) is 9.16. The van der Waals surface area contributed by atoms with Crippen LogP contribution in [0.1, 0.15) is 25.5 Å². The topological polar surface area (TPSA) is 69.0 Å². The number of carbonyl (C=O) groups is 1. The first kappa shape index (κ1) is 20.9. The molecule has 1 N–H and O–H groups in total. The summed E-state index contributed by atoms with van der Waals surface area (Å²) in [5.41, 5.74) is 1.67. The van der Waals surface area contributed by atoms with Gasteiger partial charge in [-0.15, -0.1) is 10.2 Å². The minimum absolute atomic E-state index is 0.131. The fraction of sp³-hybridized carbons (Fsp3) is 0.286. The van der Waals surface area contributed by atoms with Crippen molar-refractivity contribution in [3.05, 3.63) is 59.9 Å². The molecule has 2 unspecified atom stereocenters. The van der Waals surface area contributed by atoms with E-state index in [9.17, 15) is 9.18 Å². The molecule has 1 amide bonds. The Morgan fingerprint density at radius 3 is 2.52 bits per heavy atom. The van der Waals surface area contributed by atoms with E-state index in [1.54, 1.807) is 19.2 Å². The summed E-state index contributed by atoms with van der Waals surface area (Å²) in [4.78, 5) is 12.6. The molecule has 0 fully saturated rings. The maximum absolute atomic E-state index is 13.1. The van der Waals surface area contributed by atoms with Crippen molar-refractivity contribution < 1.29 is 13.9 Å². The Balaban J connectivity index is 1.69. The number of ether oxygens (including phenoxy) is 1. The quantitative estimate of drug-likeness (QED) is 0.592. The Labute approximate surface area is 173 Å². The van der Waals surface area contributed by atoms with Gasteiger partial charge in [0, 0.05) is 7.05 Å². The smallest absolute Gasteiger partial charge is 0.233 e. The Hall–Kier alpha value is -2.87. The van der Waals surface area contributed by atoms with Gasteiger partial charge in [0.2, 0.25) is 5.91 Å². The molecule has 0 radical (unpaired) electrons. The molecule has 0 aliphatic rings. The highest BCUT2D eigenvalue weighted by Gasteiger charge is 2.22. The predicted molar refractivity (Wildman–Crippen MR) is 111 cm³/mol. The first-order chi connectivity index (χ1) is 13.9. The van der Waals surface area contributed by atoms with Gasteiger partial charge in [-0.25, -0.2) is 4.39 Å². The van der Waals surface area contributed by atoms with Crippen LogP contribution < -0.4 is 10.1 Å². The highest BCUT2D eigenvalue weighted by molar-refractivity contribution is 8.00. The van der Waals surface area contributed by atoms with Crippen molar-refractivity contribution >= 4 is 17.7 Å². The fourth-order valence-electron chi connectivity index (χ4n) is 2.86. The summed E-state index contributed by atoms with van der Waals surface area (Å²) in [5.74, 6) is 0.939. The molecule has 8 heteroatoms. The second-order valence-corrected chi connectivity index (χ2v) is 7.92. The highest BCUT2D eigenvalue weighted by Crippen LogP contribution is 2.31. The van der Waals surface area contributed by atoms with Crippen LogP contribution in [-0.4, -0.2) is 33.0 Å². The van der Waals surface area contributed by atoms with Crippen LogP contribution in [0.3, 0.4) is 0 Å². The number of nitrogens with zero attached hydrogens (tertiary/aromatic N) is 3. The molecule has 2 atom stereocenters. The lowest BCUT2D eigenvalue weighted by atomic mass is 10.1. The SMILES string of the molecule is COc1ccccc1-c1nnc(SC(C)C(=O)NC(C)c2ccc(F)cc2)n1C. The summed E-state index contributed by atoms with van der Waals surface area (Å²) in [6.07, 6.45) is 0. The predicted octanol–water partition coefficient (Wildman–Crippen LogP) is 3.99. The number of rotatable bonds is 7. The number of benzene rings is 2. The van der Waals surface area contributed by atoms with E-state index < -0.39 is 0 Å². The third-order valence-corrected chi connectivity index (χ3v) is 5.70. The average Bonchev–Trinajstić information content (AvgIpc) is 3.08. The largest absolute Gasteiger partial charge is 0.496 e. The second-order valence-electron chi connectivity index (χ2n) is 6.61. The van der Waals surface area contributed by atoms with Gasteiger partial charge in [0.1, 0.15) is 11.6 Å². The number of methoxy groups -OCH3 is 1. The molecule has 0 bridgehead atoms. The number of hydrogen-bond donors (Lipinski definition) is 1. The van der Waals surface area contributed by atoms with Crippen LogP contribution in [0, 0.1) is 5.82 Å². The normalized spacial score (nSPS) is 13.0. The van der Waals surface area contributed by atoms with Crippen LogP contribution in [0.25, 0.3) is 11.4 Å². The third kappa shape index (κ3) is 4.76. The van der Waals surface area contributed by atoms with Crippen molar-refractivity contribution in [2.75, 3.05) is 7.11 Å². The summed E-state index contributed by atoms with van der Waals surface area (Å²) in [6, 6.07) is 13.5. The Morgan fingerprint density at radius 2 is 1.83 bits per heavy atom. The number of thioether (sulfide) groups is 1. The van der Waals surface area contributed by atoms with E-state index in [1.165, 1.54) is 23.9 Å². The average molecular weight is 415 g/mol. The van der Waals surface area contributed by atoms with Crippen molar-refractivity contribution in [1.82, 2.24) is 20.1 Å². The van der Waals surface area contributed by atoms with Crippen molar-refractivity contribution in [3.63, 3.8) is 0 Å². The van der Waals surface area contributed by atoms with E-state index in [0.29, 0.717) is 16.7 Å². The number of nitrogens with one attached hydrogen (secondary N) is 1. The number of amides is 1. The lowest BCUT2D eigenvalue weighted by molar-refractivity contribution is -0.120. The number of para-hydroxylation sites is 1. The number of halogens is 1. The fourth-order valence-corrected chi connectivity index (χ4v) is 3.68. The van der Waals surface area contributed by atoms with E-state index >= 15 is 0 Å². The number of carbonyl (C=O) groups excluding carboxylic acids is 1. The Kier molecular flexibility index (Phi) is 6.53. The van der Waals surface area contributed by atoms with Crippen LogP contribution >= 0.6 is 11.8 Å².